The van der Waals surface area contributed by atoms with E-state index in [1.54, 1.807) is 0 Å². The molecule has 0 bridgehead atoms. The SMILES string of the molecule is CN(CC1CCOCC1)c1ccc(CCl)c(Br)c1. The molecule has 0 aromatic heterocycles. The lowest BCUT2D eigenvalue weighted by molar-refractivity contribution is 0.0685. The van der Waals surface area contributed by atoms with Gasteiger partial charge in [-0.1, -0.05) is 22.0 Å². The van der Waals surface area contributed by atoms with Crippen molar-refractivity contribution in [1.82, 2.24) is 0 Å². The largest absolute Gasteiger partial charge is 0.381 e. The minimum Gasteiger partial charge on any atom is -0.381 e. The number of hydrogen-bond donors (Lipinski definition) is 0. The summed E-state index contributed by atoms with van der Waals surface area (Å²) >= 11 is 9.43. The second-order valence-electron chi connectivity index (χ2n) is 4.85. The summed E-state index contributed by atoms with van der Waals surface area (Å²) in [5.74, 6) is 1.29. The standard InChI is InChI=1S/C14H19BrClNO/c1-17(10-11-4-6-18-7-5-11)13-3-2-12(9-16)14(15)8-13/h2-3,8,11H,4-7,9-10H2,1H3. The van der Waals surface area contributed by atoms with Crippen LogP contribution in [0, 0.1) is 5.92 Å². The van der Waals surface area contributed by atoms with Crippen LogP contribution >= 0.6 is 27.5 Å². The van der Waals surface area contributed by atoms with E-state index in [1.807, 2.05) is 0 Å². The van der Waals surface area contributed by atoms with Crippen LogP contribution in [0.2, 0.25) is 0 Å². The van der Waals surface area contributed by atoms with Gasteiger partial charge >= 0.3 is 0 Å². The first-order valence-corrected chi connectivity index (χ1v) is 7.66. The zero-order valence-corrected chi connectivity index (χ0v) is 13.0. The summed E-state index contributed by atoms with van der Waals surface area (Å²) in [7, 11) is 2.15. The average Bonchev–Trinajstić information content (AvgIpc) is 2.39. The summed E-state index contributed by atoms with van der Waals surface area (Å²) in [5.41, 5.74) is 2.38. The van der Waals surface area contributed by atoms with Crippen LogP contribution in [0.4, 0.5) is 5.69 Å². The fourth-order valence-corrected chi connectivity index (χ4v) is 3.21. The summed E-state index contributed by atoms with van der Waals surface area (Å²) in [5, 5.41) is 0. The molecular weight excluding hydrogens is 314 g/mol. The molecule has 0 aliphatic carbocycles. The smallest absolute Gasteiger partial charge is 0.0485 e. The van der Waals surface area contributed by atoms with E-state index in [0.29, 0.717) is 5.88 Å². The van der Waals surface area contributed by atoms with Gasteiger partial charge in [-0.2, -0.15) is 0 Å². The molecule has 1 heterocycles. The van der Waals surface area contributed by atoms with Gasteiger partial charge in [0, 0.05) is 42.8 Å². The second-order valence-corrected chi connectivity index (χ2v) is 5.97. The number of halogens is 2. The molecule has 1 aromatic carbocycles. The van der Waals surface area contributed by atoms with Crippen LogP contribution in [0.25, 0.3) is 0 Å². The Hall–Kier alpha value is -0.250. The monoisotopic (exact) mass is 331 g/mol. The first kappa shape index (κ1) is 14.2. The summed E-state index contributed by atoms with van der Waals surface area (Å²) in [6.07, 6.45) is 2.34. The fraction of sp³-hybridized carbons (Fsp3) is 0.571. The third kappa shape index (κ3) is 3.62. The van der Waals surface area contributed by atoms with E-state index in [0.717, 1.165) is 35.7 Å². The minimum absolute atomic E-state index is 0.546. The van der Waals surface area contributed by atoms with Crippen LogP contribution in [0.1, 0.15) is 18.4 Å². The Morgan fingerprint density at radius 1 is 1.39 bits per heavy atom. The van der Waals surface area contributed by atoms with Crippen LogP contribution in [0.5, 0.6) is 0 Å². The predicted molar refractivity (Wildman–Crippen MR) is 80.5 cm³/mol. The van der Waals surface area contributed by atoms with Gasteiger partial charge in [-0.25, -0.2) is 0 Å². The maximum absolute atomic E-state index is 5.86. The van der Waals surface area contributed by atoms with Crippen LogP contribution < -0.4 is 4.90 Å². The highest BCUT2D eigenvalue weighted by Crippen LogP contribution is 2.26. The van der Waals surface area contributed by atoms with E-state index in [4.69, 9.17) is 16.3 Å². The number of benzene rings is 1. The maximum atomic E-state index is 5.86. The Balaban J connectivity index is 1.99. The van der Waals surface area contributed by atoms with Gasteiger partial charge in [0.05, 0.1) is 0 Å². The van der Waals surface area contributed by atoms with Gasteiger partial charge < -0.3 is 9.64 Å². The van der Waals surface area contributed by atoms with Crippen molar-refractivity contribution in [3.8, 4) is 0 Å². The third-order valence-electron chi connectivity index (χ3n) is 3.49. The molecule has 0 N–H and O–H groups in total. The number of hydrogen-bond acceptors (Lipinski definition) is 2. The fourth-order valence-electron chi connectivity index (χ4n) is 2.30. The Labute approximate surface area is 122 Å². The number of ether oxygens (including phenoxy) is 1. The molecule has 1 aliphatic heterocycles. The molecule has 1 aliphatic rings. The third-order valence-corrected chi connectivity index (χ3v) is 4.52. The lowest BCUT2D eigenvalue weighted by Crippen LogP contribution is -2.29. The molecule has 4 heteroatoms. The zero-order chi connectivity index (χ0) is 13.0. The van der Waals surface area contributed by atoms with Gasteiger partial charge in [0.15, 0.2) is 0 Å². The summed E-state index contributed by atoms with van der Waals surface area (Å²) < 4.78 is 6.49. The normalized spacial score (nSPS) is 16.8. The number of anilines is 1. The van der Waals surface area contributed by atoms with Crippen LogP contribution in [0.15, 0.2) is 22.7 Å². The van der Waals surface area contributed by atoms with Crippen molar-refractivity contribution in [1.29, 1.82) is 0 Å². The highest BCUT2D eigenvalue weighted by molar-refractivity contribution is 9.10. The molecule has 1 saturated heterocycles. The molecule has 0 saturated carbocycles. The number of nitrogens with zero attached hydrogens (tertiary/aromatic N) is 1. The second kappa shape index (κ2) is 6.78. The average molecular weight is 333 g/mol. The van der Waals surface area contributed by atoms with Gasteiger partial charge in [0.2, 0.25) is 0 Å². The zero-order valence-electron chi connectivity index (χ0n) is 10.7. The molecule has 2 rings (SSSR count). The summed E-state index contributed by atoms with van der Waals surface area (Å²) in [6, 6.07) is 6.38. The van der Waals surface area contributed by atoms with Crippen molar-refractivity contribution < 1.29 is 4.74 Å². The van der Waals surface area contributed by atoms with E-state index in [9.17, 15) is 0 Å². The molecule has 0 radical (unpaired) electrons. The molecule has 1 aromatic rings. The molecule has 100 valence electrons. The highest BCUT2D eigenvalue weighted by atomic mass is 79.9. The van der Waals surface area contributed by atoms with E-state index in [-0.39, 0.29) is 0 Å². The summed E-state index contributed by atoms with van der Waals surface area (Å²) in [6.45, 7) is 2.91. The van der Waals surface area contributed by atoms with Crippen molar-refractivity contribution in [2.45, 2.75) is 18.7 Å². The molecule has 18 heavy (non-hydrogen) atoms. The van der Waals surface area contributed by atoms with E-state index < -0.39 is 0 Å². The Kier molecular flexibility index (Phi) is 5.34. The van der Waals surface area contributed by atoms with Crippen LogP contribution in [-0.4, -0.2) is 26.8 Å². The molecule has 0 unspecified atom stereocenters. The van der Waals surface area contributed by atoms with Crippen molar-refractivity contribution in [2.24, 2.45) is 5.92 Å². The molecule has 1 fully saturated rings. The Morgan fingerprint density at radius 3 is 2.72 bits per heavy atom. The van der Waals surface area contributed by atoms with E-state index >= 15 is 0 Å². The quantitative estimate of drug-likeness (QED) is 0.771. The minimum atomic E-state index is 0.546. The Morgan fingerprint density at radius 2 is 2.11 bits per heavy atom. The number of alkyl halides is 1. The van der Waals surface area contributed by atoms with Gasteiger partial charge in [0.1, 0.15) is 0 Å². The topological polar surface area (TPSA) is 12.5 Å². The molecular formula is C14H19BrClNO. The van der Waals surface area contributed by atoms with Gasteiger partial charge in [-0.3, -0.25) is 0 Å². The summed E-state index contributed by atoms with van der Waals surface area (Å²) in [4.78, 5) is 2.32. The van der Waals surface area contributed by atoms with Crippen molar-refractivity contribution in [3.63, 3.8) is 0 Å². The molecule has 0 atom stereocenters. The highest BCUT2D eigenvalue weighted by Gasteiger charge is 2.16. The van der Waals surface area contributed by atoms with Gasteiger partial charge in [0.25, 0.3) is 0 Å². The molecule has 0 amide bonds. The van der Waals surface area contributed by atoms with E-state index in [1.165, 1.54) is 18.5 Å². The van der Waals surface area contributed by atoms with Gasteiger partial charge in [-0.15, -0.1) is 11.6 Å². The maximum Gasteiger partial charge on any atom is 0.0485 e. The first-order valence-electron chi connectivity index (χ1n) is 6.34. The molecule has 2 nitrogen and oxygen atoms in total. The Bertz CT molecular complexity index is 393. The number of rotatable bonds is 4. The van der Waals surface area contributed by atoms with Gasteiger partial charge in [-0.05, 0) is 36.5 Å². The van der Waals surface area contributed by atoms with E-state index in [2.05, 4.69) is 46.1 Å². The van der Waals surface area contributed by atoms with Crippen LogP contribution in [0.3, 0.4) is 0 Å². The molecule has 0 spiro atoms. The van der Waals surface area contributed by atoms with Crippen LogP contribution in [-0.2, 0) is 10.6 Å². The first-order chi connectivity index (χ1) is 8.70. The predicted octanol–water partition coefficient (Wildman–Crippen LogP) is 4.05. The van der Waals surface area contributed by atoms with Crippen molar-refractivity contribution in [2.75, 3.05) is 31.7 Å². The lowest BCUT2D eigenvalue weighted by Gasteiger charge is -2.28. The van der Waals surface area contributed by atoms with Crippen molar-refractivity contribution >= 4 is 33.2 Å². The lowest BCUT2D eigenvalue weighted by atomic mass is 9.99. The van der Waals surface area contributed by atoms with Crippen molar-refractivity contribution in [3.05, 3.63) is 28.2 Å².